The number of amides is 1. The van der Waals surface area contributed by atoms with Crippen LogP contribution in [0.1, 0.15) is 20.8 Å². The van der Waals surface area contributed by atoms with E-state index >= 15 is 0 Å². The fraction of sp³-hybridized carbons (Fsp3) is 0.263. The first-order valence-corrected chi connectivity index (χ1v) is 8.59. The first-order valence-electron chi connectivity index (χ1n) is 8.59. The molecule has 6 N–H and O–H groups in total. The van der Waals surface area contributed by atoms with E-state index in [4.69, 9.17) is 11.5 Å². The normalized spacial score (nSPS) is 12.3. The van der Waals surface area contributed by atoms with Crippen molar-refractivity contribution in [1.82, 2.24) is 9.55 Å². The number of fused-ring (bicyclic) bond motifs is 1. The molecule has 0 unspecified atom stereocenters. The molecule has 2 heterocycles. The van der Waals surface area contributed by atoms with Gasteiger partial charge in [0.05, 0.1) is 5.39 Å². The number of primary amides is 1. The van der Waals surface area contributed by atoms with Crippen LogP contribution in [0.3, 0.4) is 0 Å². The highest BCUT2D eigenvalue weighted by atomic mass is 16.2. The van der Waals surface area contributed by atoms with E-state index in [1.807, 2.05) is 20.8 Å². The lowest BCUT2D eigenvalue weighted by Gasteiger charge is -2.23. The van der Waals surface area contributed by atoms with Crippen molar-refractivity contribution in [3.8, 4) is 0 Å². The van der Waals surface area contributed by atoms with Crippen molar-refractivity contribution in [3.63, 3.8) is 0 Å². The second kappa shape index (κ2) is 8.38. The van der Waals surface area contributed by atoms with E-state index in [0.29, 0.717) is 28.2 Å². The van der Waals surface area contributed by atoms with Gasteiger partial charge in [0.1, 0.15) is 24.0 Å². The van der Waals surface area contributed by atoms with Gasteiger partial charge in [-0.3, -0.25) is 9.59 Å². The summed E-state index contributed by atoms with van der Waals surface area (Å²) in [6.45, 7) is 9.21. The molecule has 9 heteroatoms. The van der Waals surface area contributed by atoms with Crippen molar-refractivity contribution >= 4 is 34.5 Å². The van der Waals surface area contributed by atoms with Crippen molar-refractivity contribution in [1.29, 1.82) is 0 Å². The topological polar surface area (TPSA) is 140 Å². The van der Waals surface area contributed by atoms with Crippen LogP contribution >= 0.6 is 0 Å². The number of nitrogens with two attached hydrogens (primary N) is 2. The molecular weight excluding hydrogens is 358 g/mol. The van der Waals surface area contributed by atoms with Crippen molar-refractivity contribution in [2.45, 2.75) is 32.9 Å². The lowest BCUT2D eigenvalue weighted by Crippen LogP contribution is -2.31. The molecule has 148 valence electrons. The Morgan fingerprint density at radius 2 is 2.14 bits per heavy atom. The SMILES string of the molecule is C=CC=N/C(=C\N)Nc1cc2ccn(CC(N)=O)c(=O)c2c(NC(C)(C)C)n1. The number of carbonyl (C=O) groups is 1. The van der Waals surface area contributed by atoms with Crippen LogP contribution in [-0.4, -0.2) is 27.2 Å². The highest BCUT2D eigenvalue weighted by Gasteiger charge is 2.17. The van der Waals surface area contributed by atoms with Gasteiger partial charge in [-0.2, -0.15) is 0 Å². The van der Waals surface area contributed by atoms with Gasteiger partial charge in [-0.1, -0.05) is 12.7 Å². The van der Waals surface area contributed by atoms with Gasteiger partial charge in [0.25, 0.3) is 5.56 Å². The quantitative estimate of drug-likeness (QED) is 0.534. The molecule has 28 heavy (non-hydrogen) atoms. The van der Waals surface area contributed by atoms with Crippen LogP contribution in [0.2, 0.25) is 0 Å². The van der Waals surface area contributed by atoms with E-state index in [-0.39, 0.29) is 17.6 Å². The predicted octanol–water partition coefficient (Wildman–Crippen LogP) is 1.52. The fourth-order valence-corrected chi connectivity index (χ4v) is 2.49. The highest BCUT2D eigenvalue weighted by molar-refractivity contribution is 5.93. The summed E-state index contributed by atoms with van der Waals surface area (Å²) in [5.41, 5.74) is 10.1. The number of aromatic nitrogens is 2. The lowest BCUT2D eigenvalue weighted by molar-refractivity contribution is -0.118. The maximum absolute atomic E-state index is 12.9. The van der Waals surface area contributed by atoms with Crippen molar-refractivity contribution in [3.05, 3.63) is 53.4 Å². The summed E-state index contributed by atoms with van der Waals surface area (Å²) in [7, 11) is 0. The summed E-state index contributed by atoms with van der Waals surface area (Å²) >= 11 is 0. The van der Waals surface area contributed by atoms with Crippen molar-refractivity contribution in [2.75, 3.05) is 10.6 Å². The molecule has 0 atom stereocenters. The Hall–Kier alpha value is -3.62. The molecule has 2 rings (SSSR count). The Morgan fingerprint density at radius 3 is 2.71 bits per heavy atom. The molecule has 0 saturated heterocycles. The summed E-state index contributed by atoms with van der Waals surface area (Å²) < 4.78 is 1.26. The minimum absolute atomic E-state index is 0.208. The number of anilines is 2. The third-order valence-corrected chi connectivity index (χ3v) is 3.51. The molecule has 0 aliphatic rings. The monoisotopic (exact) mass is 383 g/mol. The minimum atomic E-state index is -0.601. The van der Waals surface area contributed by atoms with Crippen LogP contribution in [0.15, 0.2) is 52.8 Å². The van der Waals surface area contributed by atoms with Crippen LogP contribution in [0.4, 0.5) is 11.6 Å². The van der Waals surface area contributed by atoms with E-state index < -0.39 is 5.91 Å². The van der Waals surface area contributed by atoms with Gasteiger partial charge in [0.15, 0.2) is 0 Å². The maximum atomic E-state index is 12.9. The zero-order chi connectivity index (χ0) is 20.9. The molecule has 0 spiro atoms. The molecule has 9 nitrogen and oxygen atoms in total. The largest absolute Gasteiger partial charge is 0.402 e. The van der Waals surface area contributed by atoms with E-state index in [9.17, 15) is 9.59 Å². The maximum Gasteiger partial charge on any atom is 0.262 e. The standard InChI is InChI=1S/C19H25N7O2/c1-5-7-22-15(10-20)23-14-9-12-6-8-26(11-13(21)27)18(28)16(12)17(24-14)25-19(2,3)4/h5-10H,1,11,20H2,2-4H3,(H2,21,27)(H2,23,24,25)/b15-10+,22-7?. The van der Waals surface area contributed by atoms with Crippen LogP contribution in [0.5, 0.6) is 0 Å². The van der Waals surface area contributed by atoms with E-state index in [1.165, 1.54) is 29.3 Å². The van der Waals surface area contributed by atoms with Gasteiger partial charge < -0.3 is 26.7 Å². The van der Waals surface area contributed by atoms with Gasteiger partial charge in [0.2, 0.25) is 5.91 Å². The molecule has 0 fully saturated rings. The van der Waals surface area contributed by atoms with Gasteiger partial charge in [-0.15, -0.1) is 0 Å². The van der Waals surface area contributed by atoms with E-state index in [1.54, 1.807) is 12.1 Å². The number of hydrogen-bond acceptors (Lipinski definition) is 7. The van der Waals surface area contributed by atoms with E-state index in [2.05, 4.69) is 27.2 Å². The Morgan fingerprint density at radius 1 is 1.43 bits per heavy atom. The van der Waals surface area contributed by atoms with Gasteiger partial charge in [0, 0.05) is 24.2 Å². The summed E-state index contributed by atoms with van der Waals surface area (Å²) in [4.78, 5) is 32.8. The number of aliphatic imine (C=N–C) groups is 1. The third-order valence-electron chi connectivity index (χ3n) is 3.51. The average molecular weight is 383 g/mol. The van der Waals surface area contributed by atoms with Gasteiger partial charge in [-0.25, -0.2) is 9.98 Å². The molecule has 1 amide bonds. The predicted molar refractivity (Wildman–Crippen MR) is 113 cm³/mol. The number of allylic oxidation sites excluding steroid dienone is 1. The summed E-state index contributed by atoms with van der Waals surface area (Å²) in [5.74, 6) is 0.593. The summed E-state index contributed by atoms with van der Waals surface area (Å²) in [6.07, 6.45) is 5.83. The number of hydrogen-bond donors (Lipinski definition) is 4. The Labute approximate surface area is 162 Å². The zero-order valence-electron chi connectivity index (χ0n) is 16.2. The molecule has 2 aromatic rings. The first-order chi connectivity index (χ1) is 13.1. The summed E-state index contributed by atoms with van der Waals surface area (Å²) in [6, 6.07) is 3.42. The highest BCUT2D eigenvalue weighted by Crippen LogP contribution is 2.25. The molecule has 2 aromatic heterocycles. The van der Waals surface area contributed by atoms with Crippen LogP contribution in [0, 0.1) is 0 Å². The molecule has 0 bridgehead atoms. The Bertz CT molecular complexity index is 1010. The molecule has 0 saturated carbocycles. The van der Waals surface area contributed by atoms with E-state index in [0.717, 1.165) is 0 Å². The van der Waals surface area contributed by atoms with Crippen molar-refractivity contribution < 1.29 is 4.79 Å². The molecule has 0 aromatic carbocycles. The zero-order valence-corrected chi connectivity index (χ0v) is 16.2. The van der Waals surface area contributed by atoms with Crippen LogP contribution in [-0.2, 0) is 11.3 Å². The Balaban J connectivity index is 2.64. The third kappa shape index (κ3) is 5.19. The molecular formula is C19H25N7O2. The molecule has 0 aliphatic carbocycles. The number of pyridine rings is 2. The molecule has 0 aliphatic heterocycles. The lowest BCUT2D eigenvalue weighted by atomic mass is 10.1. The van der Waals surface area contributed by atoms with Gasteiger partial charge >= 0.3 is 0 Å². The average Bonchev–Trinajstić information content (AvgIpc) is 2.59. The number of carbonyl (C=O) groups excluding carboxylic acids is 1. The van der Waals surface area contributed by atoms with Crippen LogP contribution < -0.4 is 27.7 Å². The molecule has 0 radical (unpaired) electrons. The fourth-order valence-electron chi connectivity index (χ4n) is 2.49. The second-order valence-corrected chi connectivity index (χ2v) is 7.10. The van der Waals surface area contributed by atoms with Crippen molar-refractivity contribution in [2.24, 2.45) is 16.5 Å². The smallest absolute Gasteiger partial charge is 0.262 e. The second-order valence-electron chi connectivity index (χ2n) is 7.10. The summed E-state index contributed by atoms with van der Waals surface area (Å²) in [5, 5.41) is 7.24. The number of nitrogens with zero attached hydrogens (tertiary/aromatic N) is 3. The first kappa shape index (κ1) is 20.7. The number of rotatable bonds is 7. The van der Waals surface area contributed by atoms with Crippen LogP contribution in [0.25, 0.3) is 10.8 Å². The van der Waals surface area contributed by atoms with Gasteiger partial charge in [-0.05, 0) is 38.3 Å². The number of nitrogens with one attached hydrogen (secondary N) is 2. The minimum Gasteiger partial charge on any atom is -0.402 e. The Kier molecular flexibility index (Phi) is 6.19.